The predicted octanol–water partition coefficient (Wildman–Crippen LogP) is 2.63. The first-order valence-corrected chi connectivity index (χ1v) is 7.44. The normalized spacial score (nSPS) is 13.2. The molecule has 2 N–H and O–H groups in total. The summed E-state index contributed by atoms with van der Waals surface area (Å²) in [4.78, 5) is 1.26. The lowest BCUT2D eigenvalue weighted by Crippen LogP contribution is -2.30. The lowest BCUT2D eigenvalue weighted by Gasteiger charge is -2.13. The smallest absolute Gasteiger partial charge is 0.0897 e. The number of aliphatic hydroxyl groups is 1. The van der Waals surface area contributed by atoms with E-state index in [-0.39, 0.29) is 0 Å². The number of thiophene rings is 1. The van der Waals surface area contributed by atoms with E-state index in [1.165, 1.54) is 4.88 Å². The first-order valence-electron chi connectivity index (χ1n) is 5.77. The van der Waals surface area contributed by atoms with Gasteiger partial charge in [0.15, 0.2) is 0 Å². The molecule has 1 rings (SSSR count). The maximum absolute atomic E-state index is 9.65. The van der Waals surface area contributed by atoms with Crippen LogP contribution in [-0.2, 0) is 11.3 Å². The van der Waals surface area contributed by atoms with Crippen molar-refractivity contribution < 1.29 is 9.84 Å². The number of rotatable bonds is 8. The Labute approximate surface area is 115 Å². The monoisotopic (exact) mass is 321 g/mol. The Hall–Kier alpha value is 0.0600. The second kappa shape index (κ2) is 8.21. The molecule has 1 atom stereocenters. The van der Waals surface area contributed by atoms with E-state index in [0.29, 0.717) is 25.7 Å². The summed E-state index contributed by atoms with van der Waals surface area (Å²) in [5.74, 6) is 0.513. The van der Waals surface area contributed by atoms with Crippen LogP contribution in [0.1, 0.15) is 18.7 Å². The molecular formula is C12H20BrNO2S. The van der Waals surface area contributed by atoms with Crippen LogP contribution in [0.4, 0.5) is 0 Å². The number of halogens is 1. The van der Waals surface area contributed by atoms with E-state index in [1.54, 1.807) is 11.3 Å². The SMILES string of the molecule is CC(C)COCC(O)CNCc1cc(Br)cs1. The van der Waals surface area contributed by atoms with Crippen molar-refractivity contribution in [1.82, 2.24) is 5.32 Å². The van der Waals surface area contributed by atoms with E-state index in [0.717, 1.165) is 11.0 Å². The highest BCUT2D eigenvalue weighted by Gasteiger charge is 2.05. The third kappa shape index (κ3) is 7.16. The molecule has 0 aliphatic carbocycles. The maximum atomic E-state index is 9.65. The van der Waals surface area contributed by atoms with Crippen LogP contribution in [0.2, 0.25) is 0 Å². The van der Waals surface area contributed by atoms with E-state index in [4.69, 9.17) is 4.74 Å². The lowest BCUT2D eigenvalue weighted by atomic mass is 10.2. The van der Waals surface area contributed by atoms with Gasteiger partial charge in [-0.15, -0.1) is 11.3 Å². The Bertz CT molecular complexity index is 317. The van der Waals surface area contributed by atoms with Crippen LogP contribution in [-0.4, -0.2) is 31.0 Å². The summed E-state index contributed by atoms with van der Waals surface area (Å²) in [6.07, 6.45) is -0.433. The Morgan fingerprint density at radius 1 is 1.47 bits per heavy atom. The van der Waals surface area contributed by atoms with Crippen molar-refractivity contribution in [2.45, 2.75) is 26.5 Å². The van der Waals surface area contributed by atoms with Crippen molar-refractivity contribution in [3.8, 4) is 0 Å². The molecule has 1 heterocycles. The van der Waals surface area contributed by atoms with E-state index < -0.39 is 6.10 Å². The molecule has 0 spiro atoms. The van der Waals surface area contributed by atoms with Crippen molar-refractivity contribution in [3.63, 3.8) is 0 Å². The van der Waals surface area contributed by atoms with Crippen molar-refractivity contribution in [2.24, 2.45) is 5.92 Å². The zero-order valence-corrected chi connectivity index (χ0v) is 12.7. The summed E-state index contributed by atoms with van der Waals surface area (Å²) < 4.78 is 6.48. The van der Waals surface area contributed by atoms with Gasteiger partial charge in [-0.25, -0.2) is 0 Å². The van der Waals surface area contributed by atoms with E-state index in [9.17, 15) is 5.11 Å². The predicted molar refractivity (Wildman–Crippen MR) is 75.4 cm³/mol. The fourth-order valence-electron chi connectivity index (χ4n) is 1.31. The van der Waals surface area contributed by atoms with Gasteiger partial charge in [0.2, 0.25) is 0 Å². The topological polar surface area (TPSA) is 41.5 Å². The molecule has 0 radical (unpaired) electrons. The molecule has 3 nitrogen and oxygen atoms in total. The largest absolute Gasteiger partial charge is 0.389 e. The van der Waals surface area contributed by atoms with Crippen molar-refractivity contribution >= 4 is 27.3 Å². The van der Waals surface area contributed by atoms with E-state index in [2.05, 4.69) is 46.5 Å². The van der Waals surface area contributed by atoms with Gasteiger partial charge < -0.3 is 15.2 Å². The number of hydrogen-bond acceptors (Lipinski definition) is 4. The van der Waals surface area contributed by atoms with Crippen LogP contribution >= 0.6 is 27.3 Å². The Balaban J connectivity index is 2.05. The second-order valence-electron chi connectivity index (χ2n) is 4.45. The van der Waals surface area contributed by atoms with Crippen LogP contribution in [0, 0.1) is 5.92 Å². The average molecular weight is 322 g/mol. The van der Waals surface area contributed by atoms with Crippen LogP contribution in [0.15, 0.2) is 15.9 Å². The number of aliphatic hydroxyl groups excluding tert-OH is 1. The number of hydrogen-bond donors (Lipinski definition) is 2. The van der Waals surface area contributed by atoms with E-state index in [1.807, 2.05) is 0 Å². The molecule has 0 aliphatic rings. The lowest BCUT2D eigenvalue weighted by molar-refractivity contribution is 0.0261. The number of nitrogens with one attached hydrogen (secondary N) is 1. The van der Waals surface area contributed by atoms with Gasteiger partial charge >= 0.3 is 0 Å². The maximum Gasteiger partial charge on any atom is 0.0897 e. The minimum Gasteiger partial charge on any atom is -0.389 e. The van der Waals surface area contributed by atoms with E-state index >= 15 is 0 Å². The van der Waals surface area contributed by atoms with Crippen molar-refractivity contribution in [3.05, 3.63) is 20.8 Å². The quantitative estimate of drug-likeness (QED) is 0.773. The first-order chi connectivity index (χ1) is 8.08. The molecule has 1 aromatic rings. The molecule has 0 aromatic carbocycles. The van der Waals surface area contributed by atoms with Crippen molar-refractivity contribution in [1.29, 1.82) is 0 Å². The van der Waals surface area contributed by atoms with Crippen LogP contribution in [0.25, 0.3) is 0 Å². The molecule has 0 saturated carbocycles. The average Bonchev–Trinajstić information content (AvgIpc) is 2.63. The molecule has 0 amide bonds. The molecule has 0 saturated heterocycles. The van der Waals surface area contributed by atoms with Crippen molar-refractivity contribution in [2.75, 3.05) is 19.8 Å². The zero-order valence-electron chi connectivity index (χ0n) is 10.3. The zero-order chi connectivity index (χ0) is 12.7. The van der Waals surface area contributed by atoms with Gasteiger partial charge in [-0.3, -0.25) is 0 Å². The molecule has 98 valence electrons. The van der Waals surface area contributed by atoms with Gasteiger partial charge in [0, 0.05) is 34.4 Å². The molecule has 0 bridgehead atoms. The molecule has 17 heavy (non-hydrogen) atoms. The fourth-order valence-corrected chi connectivity index (χ4v) is 2.73. The van der Waals surface area contributed by atoms with Gasteiger partial charge in [-0.2, -0.15) is 0 Å². The van der Waals surface area contributed by atoms with Gasteiger partial charge in [-0.05, 0) is 27.9 Å². The Kier molecular flexibility index (Phi) is 7.30. The Morgan fingerprint density at radius 2 is 2.24 bits per heavy atom. The van der Waals surface area contributed by atoms with Gasteiger partial charge in [0.25, 0.3) is 0 Å². The molecule has 1 aromatic heterocycles. The van der Waals surface area contributed by atoms with Crippen LogP contribution < -0.4 is 5.32 Å². The highest BCUT2D eigenvalue weighted by atomic mass is 79.9. The summed E-state index contributed by atoms with van der Waals surface area (Å²) in [5.41, 5.74) is 0. The summed E-state index contributed by atoms with van der Waals surface area (Å²) in [6, 6.07) is 2.08. The number of ether oxygens (including phenoxy) is 1. The first kappa shape index (κ1) is 15.1. The van der Waals surface area contributed by atoms with Crippen LogP contribution in [0.3, 0.4) is 0 Å². The second-order valence-corrected chi connectivity index (χ2v) is 6.36. The summed E-state index contributed by atoms with van der Waals surface area (Å²) in [5, 5.41) is 14.9. The summed E-state index contributed by atoms with van der Waals surface area (Å²) in [6.45, 7) is 6.65. The highest BCUT2D eigenvalue weighted by Crippen LogP contribution is 2.19. The minimum atomic E-state index is -0.433. The molecule has 1 unspecified atom stereocenters. The minimum absolute atomic E-state index is 0.402. The molecule has 5 heteroatoms. The molecule has 0 aliphatic heterocycles. The van der Waals surface area contributed by atoms with Crippen LogP contribution in [0.5, 0.6) is 0 Å². The van der Waals surface area contributed by atoms with Gasteiger partial charge in [0.05, 0.1) is 12.7 Å². The third-order valence-corrected chi connectivity index (χ3v) is 3.76. The van der Waals surface area contributed by atoms with Gasteiger partial charge in [-0.1, -0.05) is 13.8 Å². The molecular weight excluding hydrogens is 302 g/mol. The Morgan fingerprint density at radius 3 is 2.82 bits per heavy atom. The molecule has 0 fully saturated rings. The standard InChI is InChI=1S/C12H20BrNO2S/c1-9(2)6-16-7-11(15)4-14-5-12-3-10(13)8-17-12/h3,8-9,11,14-15H,4-7H2,1-2H3. The third-order valence-electron chi connectivity index (χ3n) is 2.06. The van der Waals surface area contributed by atoms with Gasteiger partial charge in [0.1, 0.15) is 0 Å². The summed E-state index contributed by atoms with van der Waals surface area (Å²) >= 11 is 5.11. The fraction of sp³-hybridized carbons (Fsp3) is 0.667. The summed E-state index contributed by atoms with van der Waals surface area (Å²) in [7, 11) is 0. The highest BCUT2D eigenvalue weighted by molar-refractivity contribution is 9.10.